The molecule has 1 saturated heterocycles. The van der Waals surface area contributed by atoms with E-state index in [0.717, 1.165) is 5.56 Å². The number of carbonyl (C=O) groups is 1. The highest BCUT2D eigenvalue weighted by Crippen LogP contribution is 2.40. The lowest BCUT2D eigenvalue weighted by atomic mass is 9.78. The average Bonchev–Trinajstić information content (AvgIpc) is 3.40. The minimum absolute atomic E-state index is 0.0698. The van der Waals surface area contributed by atoms with E-state index in [9.17, 15) is 9.90 Å². The molecule has 7 nitrogen and oxygen atoms in total. The third-order valence-corrected chi connectivity index (χ3v) is 6.06. The zero-order chi connectivity index (χ0) is 19.3. The number of nitrogens with zero attached hydrogens (tertiary/aromatic N) is 1. The quantitative estimate of drug-likeness (QED) is 0.875. The van der Waals surface area contributed by atoms with Crippen molar-refractivity contribution in [3.63, 3.8) is 0 Å². The van der Waals surface area contributed by atoms with E-state index in [-0.39, 0.29) is 24.7 Å². The molecule has 1 aliphatic carbocycles. The van der Waals surface area contributed by atoms with Gasteiger partial charge in [0.15, 0.2) is 17.3 Å². The molecule has 1 saturated carbocycles. The summed E-state index contributed by atoms with van der Waals surface area (Å²) in [4.78, 5) is 14.6. The van der Waals surface area contributed by atoms with Gasteiger partial charge in [-0.2, -0.15) is 0 Å². The number of hydrogen-bond donors (Lipinski definition) is 1. The van der Waals surface area contributed by atoms with Gasteiger partial charge in [-0.25, -0.2) is 0 Å². The first-order valence-corrected chi connectivity index (χ1v) is 9.66. The molecule has 5 rings (SSSR count). The van der Waals surface area contributed by atoms with Crippen LogP contribution in [0.3, 0.4) is 0 Å². The molecule has 28 heavy (non-hydrogen) atoms. The zero-order valence-electron chi connectivity index (χ0n) is 15.7. The number of rotatable bonds is 3. The van der Waals surface area contributed by atoms with Gasteiger partial charge in [-0.05, 0) is 49.8 Å². The van der Waals surface area contributed by atoms with Crippen molar-refractivity contribution in [2.75, 3.05) is 19.9 Å². The van der Waals surface area contributed by atoms with Crippen molar-refractivity contribution < 1.29 is 28.5 Å². The Morgan fingerprint density at radius 3 is 2.71 bits per heavy atom. The van der Waals surface area contributed by atoms with E-state index >= 15 is 0 Å². The Balaban J connectivity index is 1.26. The predicted molar refractivity (Wildman–Crippen MR) is 98.6 cm³/mol. The summed E-state index contributed by atoms with van der Waals surface area (Å²) in [5.41, 5.74) is 0.851. The van der Waals surface area contributed by atoms with Gasteiger partial charge in [0.05, 0.1) is 12.4 Å². The minimum Gasteiger partial charge on any atom is -0.488 e. The Bertz CT molecular complexity index is 893. The number of ether oxygens (including phenoxy) is 3. The number of fused-ring (bicyclic) bond motifs is 2. The van der Waals surface area contributed by atoms with Crippen molar-refractivity contribution in [1.29, 1.82) is 0 Å². The first kappa shape index (κ1) is 17.4. The summed E-state index contributed by atoms with van der Waals surface area (Å²) >= 11 is 0. The number of amides is 1. The summed E-state index contributed by atoms with van der Waals surface area (Å²) in [5, 5.41) is 10.6. The molecule has 0 spiro atoms. The van der Waals surface area contributed by atoms with E-state index in [2.05, 4.69) is 0 Å². The van der Waals surface area contributed by atoms with Gasteiger partial charge >= 0.3 is 0 Å². The van der Waals surface area contributed by atoms with Gasteiger partial charge in [0, 0.05) is 24.7 Å². The Hall–Kier alpha value is -2.67. The highest BCUT2D eigenvalue weighted by molar-refractivity contribution is 5.93. The fraction of sp³-hybridized carbons (Fsp3) is 0.476. The monoisotopic (exact) mass is 385 g/mol. The SMILES string of the molecule is Cc1ccoc1C(=O)N1C[C@H]2C[C@@H](Oc3ccc4c(c3)OCO4)[C@H](O)C[C@H]2C1. The van der Waals surface area contributed by atoms with Gasteiger partial charge in [-0.1, -0.05) is 0 Å². The van der Waals surface area contributed by atoms with Gasteiger partial charge in [-0.3, -0.25) is 4.79 Å². The molecular formula is C21H23NO6. The Labute approximate surface area is 162 Å². The van der Waals surface area contributed by atoms with Crippen LogP contribution in [-0.2, 0) is 0 Å². The molecular weight excluding hydrogens is 362 g/mol. The summed E-state index contributed by atoms with van der Waals surface area (Å²) < 4.78 is 22.2. The van der Waals surface area contributed by atoms with Gasteiger partial charge in [0.2, 0.25) is 6.79 Å². The highest BCUT2D eigenvalue weighted by Gasteiger charge is 2.44. The second-order valence-electron chi connectivity index (χ2n) is 7.87. The third-order valence-electron chi connectivity index (χ3n) is 6.06. The molecule has 0 radical (unpaired) electrons. The van der Waals surface area contributed by atoms with E-state index in [1.54, 1.807) is 18.4 Å². The summed E-state index contributed by atoms with van der Waals surface area (Å²) in [5.74, 6) is 2.95. The summed E-state index contributed by atoms with van der Waals surface area (Å²) in [7, 11) is 0. The van der Waals surface area contributed by atoms with Crippen LogP contribution in [0.5, 0.6) is 17.2 Å². The summed E-state index contributed by atoms with van der Waals surface area (Å²) in [6.07, 6.45) is 2.02. The van der Waals surface area contributed by atoms with Crippen LogP contribution >= 0.6 is 0 Å². The lowest BCUT2D eigenvalue weighted by molar-refractivity contribution is -0.0232. The van der Waals surface area contributed by atoms with E-state index in [1.807, 2.05) is 24.0 Å². The standard InChI is InChI=1S/C21H23NO6/c1-12-4-5-25-20(12)21(24)22-9-13-6-16(23)18(7-14(13)10-22)28-15-2-3-17-19(8-15)27-11-26-17/h2-5,8,13-14,16,18,23H,6-7,9-11H2,1H3/t13-,14+,16+,18+/m0/s1. The number of aryl methyl sites for hydroxylation is 1. The fourth-order valence-electron chi connectivity index (χ4n) is 4.54. The van der Waals surface area contributed by atoms with Gasteiger partial charge in [0.1, 0.15) is 11.9 Å². The van der Waals surface area contributed by atoms with Gasteiger partial charge in [0.25, 0.3) is 5.91 Å². The molecule has 7 heteroatoms. The second kappa shape index (κ2) is 6.74. The summed E-state index contributed by atoms with van der Waals surface area (Å²) in [6, 6.07) is 7.24. The zero-order valence-corrected chi connectivity index (χ0v) is 15.7. The molecule has 148 valence electrons. The van der Waals surface area contributed by atoms with Gasteiger partial charge in [-0.15, -0.1) is 0 Å². The average molecular weight is 385 g/mol. The van der Waals surface area contributed by atoms with Gasteiger partial charge < -0.3 is 28.6 Å². The number of aliphatic hydroxyl groups excluding tert-OH is 1. The predicted octanol–water partition coefficient (Wildman–Crippen LogP) is 2.61. The summed E-state index contributed by atoms with van der Waals surface area (Å²) in [6.45, 7) is 3.40. The highest BCUT2D eigenvalue weighted by atomic mass is 16.7. The molecule has 2 fully saturated rings. The van der Waals surface area contributed by atoms with Crippen LogP contribution < -0.4 is 14.2 Å². The second-order valence-corrected chi connectivity index (χ2v) is 7.87. The molecule has 2 aromatic rings. The normalized spacial score (nSPS) is 28.3. The van der Waals surface area contributed by atoms with Crippen molar-refractivity contribution in [3.8, 4) is 17.2 Å². The first-order chi connectivity index (χ1) is 13.6. The maximum atomic E-state index is 12.7. The smallest absolute Gasteiger partial charge is 0.289 e. The van der Waals surface area contributed by atoms with Crippen LogP contribution in [0.2, 0.25) is 0 Å². The lowest BCUT2D eigenvalue weighted by Gasteiger charge is -2.35. The maximum Gasteiger partial charge on any atom is 0.289 e. The molecule has 2 aliphatic heterocycles. The molecule has 1 N–H and O–H groups in total. The number of likely N-dealkylation sites (tertiary alicyclic amines) is 1. The Kier molecular flexibility index (Phi) is 4.19. The molecule has 1 aromatic heterocycles. The van der Waals surface area contributed by atoms with E-state index in [4.69, 9.17) is 18.6 Å². The molecule has 1 amide bonds. The molecule has 3 aliphatic rings. The molecule has 0 unspecified atom stereocenters. The van der Waals surface area contributed by atoms with Crippen LogP contribution in [0, 0.1) is 18.8 Å². The van der Waals surface area contributed by atoms with E-state index < -0.39 is 6.10 Å². The maximum absolute atomic E-state index is 12.7. The number of aliphatic hydroxyl groups is 1. The van der Waals surface area contributed by atoms with E-state index in [0.29, 0.717) is 54.9 Å². The van der Waals surface area contributed by atoms with Crippen LogP contribution in [0.25, 0.3) is 0 Å². The molecule has 1 aromatic carbocycles. The fourth-order valence-corrected chi connectivity index (χ4v) is 4.54. The molecule has 0 bridgehead atoms. The number of hydrogen-bond acceptors (Lipinski definition) is 6. The Morgan fingerprint density at radius 1 is 1.14 bits per heavy atom. The van der Waals surface area contributed by atoms with Crippen LogP contribution in [0.4, 0.5) is 0 Å². The third kappa shape index (κ3) is 2.99. The molecule has 4 atom stereocenters. The topological polar surface area (TPSA) is 81.4 Å². The minimum atomic E-state index is -0.563. The van der Waals surface area contributed by atoms with Crippen molar-refractivity contribution in [1.82, 2.24) is 4.90 Å². The van der Waals surface area contributed by atoms with Crippen molar-refractivity contribution >= 4 is 5.91 Å². The van der Waals surface area contributed by atoms with Crippen LogP contribution in [0.15, 0.2) is 34.9 Å². The first-order valence-electron chi connectivity index (χ1n) is 9.66. The van der Waals surface area contributed by atoms with Crippen molar-refractivity contribution in [3.05, 3.63) is 41.9 Å². The number of furan rings is 1. The van der Waals surface area contributed by atoms with Crippen molar-refractivity contribution in [2.45, 2.75) is 32.0 Å². The van der Waals surface area contributed by atoms with Crippen LogP contribution in [-0.4, -0.2) is 48.0 Å². The van der Waals surface area contributed by atoms with Crippen molar-refractivity contribution in [2.24, 2.45) is 11.8 Å². The largest absolute Gasteiger partial charge is 0.488 e. The number of carbonyl (C=O) groups excluding carboxylic acids is 1. The number of benzene rings is 1. The molecule has 3 heterocycles. The lowest BCUT2D eigenvalue weighted by Crippen LogP contribution is -2.42. The van der Waals surface area contributed by atoms with Crippen LogP contribution in [0.1, 0.15) is 29.0 Å². The Morgan fingerprint density at radius 2 is 1.93 bits per heavy atom. The van der Waals surface area contributed by atoms with E-state index in [1.165, 1.54) is 0 Å².